The van der Waals surface area contributed by atoms with Crippen molar-refractivity contribution < 1.29 is 24.6 Å². The fourth-order valence-corrected chi connectivity index (χ4v) is 3.36. The van der Waals surface area contributed by atoms with Crippen LogP contribution in [0.1, 0.15) is 38.3 Å². The van der Waals surface area contributed by atoms with E-state index in [0.29, 0.717) is 17.7 Å². The predicted octanol–water partition coefficient (Wildman–Crippen LogP) is 2.50. The molecule has 6 heteroatoms. The molecule has 0 atom stereocenters. The van der Waals surface area contributed by atoms with Gasteiger partial charge in [0, 0.05) is 12.4 Å². The summed E-state index contributed by atoms with van der Waals surface area (Å²) in [5.41, 5.74) is -0.470. The second kappa shape index (κ2) is 13.5. The van der Waals surface area contributed by atoms with E-state index < -0.39 is 18.0 Å². The van der Waals surface area contributed by atoms with Crippen LogP contribution in [0, 0.1) is 0 Å². The number of carboxylic acid groups (broad SMARTS) is 1. The number of likely N-dealkylation sites (N-methyl/N-ethyl adjacent to an activating group) is 1. The van der Waals surface area contributed by atoms with E-state index in [0.717, 1.165) is 30.7 Å². The largest absolute Gasteiger partial charge is 0.550 e. The summed E-state index contributed by atoms with van der Waals surface area (Å²) in [6.45, 7) is 11.2. The minimum atomic E-state index is -1.55. The van der Waals surface area contributed by atoms with Crippen molar-refractivity contribution in [1.29, 1.82) is 0 Å². The zero-order chi connectivity index (χ0) is 21.0. The third kappa shape index (κ3) is 7.90. The summed E-state index contributed by atoms with van der Waals surface area (Å²) in [4.78, 5) is 10.9. The standard InChI is InChI=1S/C15H14O3.C8H20NO.BrH/c16-14(17)11-15(18,12-7-3-1-4-8-12)13-9-5-2-6-10-13;1-4-9(5-2,6-3)7-8-10;/h1-10,18H,11H2,(H,16,17);10H,4-8H2,1-3H3;1H/q;+1;/p-1. The topological polar surface area (TPSA) is 80.6 Å². The van der Waals surface area contributed by atoms with E-state index in [9.17, 15) is 15.0 Å². The molecule has 162 valence electrons. The summed E-state index contributed by atoms with van der Waals surface area (Å²) in [6.07, 6.45) is -0.471. The lowest BCUT2D eigenvalue weighted by atomic mass is 9.84. The van der Waals surface area contributed by atoms with Gasteiger partial charge in [0.25, 0.3) is 0 Å². The second-order valence-electron chi connectivity index (χ2n) is 6.88. The molecule has 0 spiro atoms. The van der Waals surface area contributed by atoms with Gasteiger partial charge in [0.05, 0.1) is 26.2 Å². The summed E-state index contributed by atoms with van der Waals surface area (Å²) in [7, 11) is 0. The number of aliphatic hydroxyl groups excluding tert-OH is 1. The van der Waals surface area contributed by atoms with Gasteiger partial charge < -0.3 is 24.6 Å². The van der Waals surface area contributed by atoms with Gasteiger partial charge in [-0.25, -0.2) is 0 Å². The first-order valence-electron chi connectivity index (χ1n) is 9.86. The molecule has 0 fully saturated rings. The van der Waals surface area contributed by atoms with Gasteiger partial charge >= 0.3 is 0 Å². The Bertz CT molecular complexity index is 643. The van der Waals surface area contributed by atoms with Gasteiger partial charge in [0.1, 0.15) is 12.1 Å². The fourth-order valence-electron chi connectivity index (χ4n) is 3.36. The number of hydrogen-bond donors (Lipinski definition) is 2. The Morgan fingerprint density at radius 3 is 1.52 bits per heavy atom. The number of carboxylic acids is 1. The number of aliphatic carboxylic acids is 1. The summed E-state index contributed by atoms with van der Waals surface area (Å²) in [5, 5.41) is 30.4. The Kier molecular flexibility index (Phi) is 12.7. The lowest BCUT2D eigenvalue weighted by molar-refractivity contribution is -0.923. The summed E-state index contributed by atoms with van der Waals surface area (Å²) < 4.78 is 1.05. The van der Waals surface area contributed by atoms with Gasteiger partial charge in [-0.2, -0.15) is 0 Å². The fraction of sp³-hybridized carbons (Fsp3) is 0.435. The van der Waals surface area contributed by atoms with Gasteiger partial charge in [0.15, 0.2) is 0 Å². The normalized spacial score (nSPS) is 11.1. The van der Waals surface area contributed by atoms with Crippen LogP contribution in [-0.4, -0.2) is 53.5 Å². The van der Waals surface area contributed by atoms with Crippen molar-refractivity contribution in [2.75, 3.05) is 32.8 Å². The van der Waals surface area contributed by atoms with Gasteiger partial charge in [-0.15, -0.1) is 17.0 Å². The van der Waals surface area contributed by atoms with Crippen LogP contribution in [0.15, 0.2) is 60.7 Å². The highest BCUT2D eigenvalue weighted by molar-refractivity contribution is 8.93. The Labute approximate surface area is 185 Å². The molecule has 2 aromatic carbocycles. The molecule has 0 radical (unpaired) electrons. The molecule has 0 aliphatic heterocycles. The van der Waals surface area contributed by atoms with Crippen LogP contribution in [-0.2, 0) is 10.4 Å². The third-order valence-corrected chi connectivity index (χ3v) is 5.49. The van der Waals surface area contributed by atoms with Crippen molar-refractivity contribution >= 4 is 23.0 Å². The number of halogens is 1. The second-order valence-corrected chi connectivity index (χ2v) is 6.88. The van der Waals surface area contributed by atoms with Crippen molar-refractivity contribution in [3.05, 3.63) is 71.8 Å². The molecule has 0 aliphatic carbocycles. The van der Waals surface area contributed by atoms with Crippen LogP contribution in [0.2, 0.25) is 0 Å². The first-order valence-corrected chi connectivity index (χ1v) is 9.86. The molecule has 0 saturated heterocycles. The Morgan fingerprint density at radius 2 is 1.28 bits per heavy atom. The molecule has 0 bridgehead atoms. The maximum Gasteiger partial charge on any atom is 0.120 e. The van der Waals surface area contributed by atoms with Crippen LogP contribution in [0.3, 0.4) is 0 Å². The molecule has 0 aromatic heterocycles. The Balaban J connectivity index is 0.000000616. The average molecular weight is 468 g/mol. The predicted molar refractivity (Wildman–Crippen MR) is 120 cm³/mol. The quantitative estimate of drug-likeness (QED) is 0.555. The van der Waals surface area contributed by atoms with Crippen molar-refractivity contribution in [3.63, 3.8) is 0 Å². The van der Waals surface area contributed by atoms with E-state index in [1.54, 1.807) is 48.5 Å². The molecule has 2 N–H and O–H groups in total. The van der Waals surface area contributed by atoms with E-state index in [2.05, 4.69) is 20.8 Å². The Morgan fingerprint density at radius 1 is 0.897 bits per heavy atom. The van der Waals surface area contributed by atoms with Crippen LogP contribution in [0.5, 0.6) is 0 Å². The highest BCUT2D eigenvalue weighted by atomic mass is 79.9. The number of benzene rings is 2. The van der Waals surface area contributed by atoms with Gasteiger partial charge in [0.2, 0.25) is 0 Å². The van der Waals surface area contributed by atoms with Gasteiger partial charge in [-0.05, 0) is 31.9 Å². The molecule has 0 saturated carbocycles. The number of carbonyl (C=O) groups is 1. The van der Waals surface area contributed by atoms with Gasteiger partial charge in [-0.3, -0.25) is 0 Å². The number of quaternary nitrogens is 1. The SMILES string of the molecule is Br.CC[N+](CC)(CC)CCO.O=C([O-])CC(O)(c1ccccc1)c1ccccc1. The van der Waals surface area contributed by atoms with Crippen molar-refractivity contribution in [2.45, 2.75) is 32.8 Å². The van der Waals surface area contributed by atoms with Crippen LogP contribution < -0.4 is 5.11 Å². The lowest BCUT2D eigenvalue weighted by Crippen LogP contribution is -2.49. The molecule has 0 heterocycles. The molecule has 0 amide bonds. The summed E-state index contributed by atoms with van der Waals surface area (Å²) in [6, 6.07) is 17.5. The number of nitrogens with zero attached hydrogens (tertiary/aromatic N) is 1. The van der Waals surface area contributed by atoms with Crippen LogP contribution >= 0.6 is 17.0 Å². The lowest BCUT2D eigenvalue weighted by Gasteiger charge is -2.34. The highest BCUT2D eigenvalue weighted by Gasteiger charge is 2.31. The average Bonchev–Trinajstić information content (AvgIpc) is 2.73. The van der Waals surface area contributed by atoms with E-state index in [4.69, 9.17) is 5.11 Å². The van der Waals surface area contributed by atoms with Crippen molar-refractivity contribution in [2.24, 2.45) is 0 Å². The first kappa shape index (κ1) is 27.3. The molecule has 2 rings (SSSR count). The van der Waals surface area contributed by atoms with Crippen molar-refractivity contribution in [3.8, 4) is 0 Å². The molecule has 5 nitrogen and oxygen atoms in total. The molecular weight excluding hydrogens is 434 g/mol. The smallest absolute Gasteiger partial charge is 0.120 e. The molecule has 2 aromatic rings. The van der Waals surface area contributed by atoms with Crippen LogP contribution in [0.25, 0.3) is 0 Å². The maximum atomic E-state index is 10.9. The zero-order valence-corrected chi connectivity index (χ0v) is 19.3. The van der Waals surface area contributed by atoms with E-state index in [1.165, 1.54) is 0 Å². The summed E-state index contributed by atoms with van der Waals surface area (Å²) >= 11 is 0. The highest BCUT2D eigenvalue weighted by Crippen LogP contribution is 2.32. The maximum absolute atomic E-state index is 10.9. The van der Waals surface area contributed by atoms with Crippen LogP contribution in [0.4, 0.5) is 0 Å². The minimum absolute atomic E-state index is 0. The third-order valence-electron chi connectivity index (χ3n) is 5.49. The van der Waals surface area contributed by atoms with E-state index in [-0.39, 0.29) is 17.0 Å². The van der Waals surface area contributed by atoms with Gasteiger partial charge in [-0.1, -0.05) is 60.7 Å². The number of rotatable bonds is 9. The molecule has 29 heavy (non-hydrogen) atoms. The monoisotopic (exact) mass is 467 g/mol. The first-order chi connectivity index (χ1) is 13.4. The van der Waals surface area contributed by atoms with E-state index >= 15 is 0 Å². The molecule has 0 unspecified atom stereocenters. The minimum Gasteiger partial charge on any atom is -0.550 e. The molecule has 0 aliphatic rings. The molecular formula is C23H34BrNO4. The zero-order valence-electron chi connectivity index (χ0n) is 17.6. The number of aliphatic hydroxyl groups is 2. The summed E-state index contributed by atoms with van der Waals surface area (Å²) in [5.74, 6) is -1.29. The van der Waals surface area contributed by atoms with E-state index in [1.807, 2.05) is 12.1 Å². The number of carbonyl (C=O) groups excluding carboxylic acids is 1. The Hall–Kier alpha value is -1.73. The van der Waals surface area contributed by atoms with Crippen molar-refractivity contribution in [1.82, 2.24) is 0 Å². The number of hydrogen-bond acceptors (Lipinski definition) is 4.